The lowest BCUT2D eigenvalue weighted by atomic mass is 9.98. The molecule has 20 heavy (non-hydrogen) atoms. The summed E-state index contributed by atoms with van der Waals surface area (Å²) < 4.78 is 0.697. The maximum absolute atomic E-state index is 12.6. The number of carbonyl (C=O) groups is 2. The minimum Gasteiger partial charge on any atom is -0.342 e. The fourth-order valence-electron chi connectivity index (χ4n) is 2.25. The zero-order chi connectivity index (χ0) is 15.0. The number of rotatable bonds is 2. The van der Waals surface area contributed by atoms with Crippen molar-refractivity contribution in [2.24, 2.45) is 5.92 Å². The Kier molecular flexibility index (Phi) is 4.39. The number of hydrogen-bond acceptors (Lipinski definition) is 2. The molecule has 2 unspecified atom stereocenters. The highest BCUT2D eigenvalue weighted by atomic mass is 79.9. The summed E-state index contributed by atoms with van der Waals surface area (Å²) in [5.74, 6) is -0.215. The van der Waals surface area contributed by atoms with E-state index in [4.69, 9.17) is 11.6 Å². The first-order chi connectivity index (χ1) is 9.32. The monoisotopic (exact) mass is 358 g/mol. The number of halogens is 2. The molecule has 2 rings (SSSR count). The molecule has 0 aromatic heterocycles. The molecule has 2 amide bonds. The zero-order valence-corrected chi connectivity index (χ0v) is 13.8. The molecule has 0 spiro atoms. The van der Waals surface area contributed by atoms with E-state index >= 15 is 0 Å². The van der Waals surface area contributed by atoms with E-state index in [1.165, 1.54) is 4.90 Å². The second kappa shape index (κ2) is 5.74. The first-order valence-electron chi connectivity index (χ1n) is 6.41. The van der Waals surface area contributed by atoms with Gasteiger partial charge in [0, 0.05) is 9.50 Å². The highest BCUT2D eigenvalue weighted by Gasteiger charge is 2.40. The van der Waals surface area contributed by atoms with E-state index in [9.17, 15) is 9.59 Å². The van der Waals surface area contributed by atoms with E-state index < -0.39 is 12.1 Å². The Labute approximate surface area is 131 Å². The molecule has 4 nitrogen and oxygen atoms in total. The molecule has 1 aromatic rings. The molecule has 0 saturated carbocycles. The van der Waals surface area contributed by atoms with E-state index in [0.717, 1.165) is 0 Å². The van der Waals surface area contributed by atoms with E-state index in [-0.39, 0.29) is 17.7 Å². The molecule has 0 radical (unpaired) electrons. The molecular weight excluding hydrogens is 344 g/mol. The Hall–Kier alpha value is -1.07. The summed E-state index contributed by atoms with van der Waals surface area (Å²) in [7, 11) is 0. The van der Waals surface area contributed by atoms with Crippen molar-refractivity contribution >= 4 is 45.0 Å². The number of amides is 2. The number of piperazine rings is 1. The van der Waals surface area contributed by atoms with Crippen LogP contribution in [0, 0.1) is 5.92 Å². The summed E-state index contributed by atoms with van der Waals surface area (Å²) in [5.41, 5.74) is 0.660. The second-order valence-electron chi connectivity index (χ2n) is 5.21. The number of nitrogens with one attached hydrogen (secondary N) is 1. The average Bonchev–Trinajstić information content (AvgIpc) is 2.36. The van der Waals surface area contributed by atoms with Gasteiger partial charge in [-0.15, -0.1) is 0 Å². The van der Waals surface area contributed by atoms with Gasteiger partial charge in [-0.2, -0.15) is 0 Å². The van der Waals surface area contributed by atoms with E-state index in [0.29, 0.717) is 15.2 Å². The SMILES string of the molecule is CC(C)C1NC(=O)C(C)N(c2ccc(Cl)cc2Br)C1=O. The van der Waals surface area contributed by atoms with Gasteiger partial charge < -0.3 is 5.32 Å². The van der Waals surface area contributed by atoms with Crippen LogP contribution in [0.2, 0.25) is 5.02 Å². The minimum absolute atomic E-state index is 0.0347. The Morgan fingerprint density at radius 2 is 2.00 bits per heavy atom. The van der Waals surface area contributed by atoms with Crippen LogP contribution >= 0.6 is 27.5 Å². The molecule has 1 aliphatic heterocycles. The topological polar surface area (TPSA) is 49.4 Å². The summed E-state index contributed by atoms with van der Waals surface area (Å²) in [5, 5.41) is 3.35. The van der Waals surface area contributed by atoms with Gasteiger partial charge in [0.2, 0.25) is 5.91 Å². The molecule has 108 valence electrons. The number of hydrogen-bond donors (Lipinski definition) is 1. The van der Waals surface area contributed by atoms with Gasteiger partial charge in [-0.1, -0.05) is 25.4 Å². The lowest BCUT2D eigenvalue weighted by Crippen LogP contribution is -2.64. The van der Waals surface area contributed by atoms with Crippen molar-refractivity contribution < 1.29 is 9.59 Å². The average molecular weight is 360 g/mol. The largest absolute Gasteiger partial charge is 0.342 e. The molecule has 2 atom stereocenters. The zero-order valence-electron chi connectivity index (χ0n) is 11.5. The number of nitrogens with zero attached hydrogens (tertiary/aromatic N) is 1. The van der Waals surface area contributed by atoms with E-state index in [1.54, 1.807) is 25.1 Å². The van der Waals surface area contributed by atoms with E-state index in [1.807, 2.05) is 13.8 Å². The Bertz CT molecular complexity index is 562. The third-order valence-corrected chi connectivity index (χ3v) is 4.27. The fourth-order valence-corrected chi connectivity index (χ4v) is 3.12. The summed E-state index contributed by atoms with van der Waals surface area (Å²) in [6, 6.07) is 4.12. The smallest absolute Gasteiger partial charge is 0.250 e. The van der Waals surface area contributed by atoms with Gasteiger partial charge in [-0.25, -0.2) is 0 Å². The van der Waals surface area contributed by atoms with Crippen LogP contribution < -0.4 is 10.2 Å². The summed E-state index contributed by atoms with van der Waals surface area (Å²) in [4.78, 5) is 26.2. The van der Waals surface area contributed by atoms with Crippen molar-refractivity contribution in [1.29, 1.82) is 0 Å². The van der Waals surface area contributed by atoms with Crippen molar-refractivity contribution in [1.82, 2.24) is 5.32 Å². The fraction of sp³-hybridized carbons (Fsp3) is 0.429. The number of carbonyl (C=O) groups excluding carboxylic acids is 2. The first kappa shape index (κ1) is 15.3. The number of anilines is 1. The Morgan fingerprint density at radius 1 is 1.35 bits per heavy atom. The Morgan fingerprint density at radius 3 is 2.55 bits per heavy atom. The van der Waals surface area contributed by atoms with Crippen LogP contribution in [-0.2, 0) is 9.59 Å². The lowest BCUT2D eigenvalue weighted by molar-refractivity contribution is -0.134. The lowest BCUT2D eigenvalue weighted by Gasteiger charge is -2.39. The van der Waals surface area contributed by atoms with E-state index in [2.05, 4.69) is 21.2 Å². The third-order valence-electron chi connectivity index (χ3n) is 3.40. The van der Waals surface area contributed by atoms with Crippen molar-refractivity contribution in [2.75, 3.05) is 4.90 Å². The van der Waals surface area contributed by atoms with Crippen molar-refractivity contribution in [2.45, 2.75) is 32.9 Å². The molecule has 1 fully saturated rings. The summed E-state index contributed by atoms with van der Waals surface area (Å²) in [6.45, 7) is 5.53. The quantitative estimate of drug-likeness (QED) is 0.882. The minimum atomic E-state index is -0.546. The highest BCUT2D eigenvalue weighted by Crippen LogP contribution is 2.32. The maximum atomic E-state index is 12.6. The Balaban J connectivity index is 2.46. The van der Waals surface area contributed by atoms with Crippen LogP contribution in [0.5, 0.6) is 0 Å². The van der Waals surface area contributed by atoms with Crippen molar-refractivity contribution in [3.8, 4) is 0 Å². The summed E-state index contributed by atoms with van der Waals surface area (Å²) in [6.07, 6.45) is 0. The summed E-state index contributed by atoms with van der Waals surface area (Å²) >= 11 is 9.33. The van der Waals surface area contributed by atoms with Gasteiger partial charge >= 0.3 is 0 Å². The van der Waals surface area contributed by atoms with Gasteiger partial charge in [0.05, 0.1) is 5.69 Å². The van der Waals surface area contributed by atoms with Gasteiger partial charge in [-0.05, 0) is 47.0 Å². The van der Waals surface area contributed by atoms with Crippen molar-refractivity contribution in [3.63, 3.8) is 0 Å². The molecule has 0 aliphatic carbocycles. The van der Waals surface area contributed by atoms with Gasteiger partial charge in [-0.3, -0.25) is 14.5 Å². The molecule has 0 bridgehead atoms. The molecule has 1 heterocycles. The van der Waals surface area contributed by atoms with Gasteiger partial charge in [0.1, 0.15) is 12.1 Å². The number of benzene rings is 1. The predicted octanol–water partition coefficient (Wildman–Crippen LogP) is 2.98. The molecule has 1 N–H and O–H groups in total. The maximum Gasteiger partial charge on any atom is 0.250 e. The van der Waals surface area contributed by atoms with Crippen LogP contribution in [0.25, 0.3) is 0 Å². The predicted molar refractivity (Wildman–Crippen MR) is 82.9 cm³/mol. The van der Waals surface area contributed by atoms with Crippen LogP contribution in [0.3, 0.4) is 0 Å². The molecule has 1 aromatic carbocycles. The van der Waals surface area contributed by atoms with Crippen molar-refractivity contribution in [3.05, 3.63) is 27.7 Å². The molecule has 1 saturated heterocycles. The first-order valence-corrected chi connectivity index (χ1v) is 7.58. The standard InChI is InChI=1S/C14H16BrClN2O2/c1-7(2)12-14(20)18(8(3)13(19)17-12)11-5-4-9(16)6-10(11)15/h4-8,12H,1-3H3,(H,17,19). The van der Waals surface area contributed by atoms with Crippen LogP contribution in [0.4, 0.5) is 5.69 Å². The highest BCUT2D eigenvalue weighted by molar-refractivity contribution is 9.10. The van der Waals surface area contributed by atoms with Crippen LogP contribution in [-0.4, -0.2) is 23.9 Å². The van der Waals surface area contributed by atoms with Crippen LogP contribution in [0.1, 0.15) is 20.8 Å². The normalized spacial score (nSPS) is 23.2. The second-order valence-corrected chi connectivity index (χ2v) is 6.50. The van der Waals surface area contributed by atoms with Crippen LogP contribution in [0.15, 0.2) is 22.7 Å². The third kappa shape index (κ3) is 2.69. The van der Waals surface area contributed by atoms with Gasteiger partial charge in [0.25, 0.3) is 5.91 Å². The molecule has 6 heteroatoms. The molecular formula is C14H16BrClN2O2. The van der Waals surface area contributed by atoms with Gasteiger partial charge in [0.15, 0.2) is 0 Å². The molecule has 1 aliphatic rings.